The number of nitrogen functional groups attached to an aromatic ring is 1. The average molecular weight is 263 g/mol. The molecule has 1 aromatic rings. The molecule has 1 fully saturated rings. The van der Waals surface area contributed by atoms with Crippen LogP contribution in [-0.2, 0) is 6.42 Å². The minimum Gasteiger partial charge on any atom is -0.370 e. The maximum atomic E-state index is 5.45. The van der Waals surface area contributed by atoms with Gasteiger partial charge in [0.05, 0.1) is 0 Å². The minimum atomic E-state index is 0.685. The second kappa shape index (κ2) is 7.28. The van der Waals surface area contributed by atoms with Crippen LogP contribution < -0.4 is 16.6 Å². The number of anilines is 2. The number of rotatable bonds is 6. The molecule has 0 atom stereocenters. The Balaban J connectivity index is 1.95. The lowest BCUT2D eigenvalue weighted by Gasteiger charge is -2.22. The first-order valence-corrected chi connectivity index (χ1v) is 7.40. The highest BCUT2D eigenvalue weighted by Gasteiger charge is 2.13. The van der Waals surface area contributed by atoms with Gasteiger partial charge in [0.15, 0.2) is 0 Å². The summed E-state index contributed by atoms with van der Waals surface area (Å²) in [7, 11) is 0. The molecule has 1 heterocycles. The first-order chi connectivity index (χ1) is 9.31. The van der Waals surface area contributed by atoms with Crippen LogP contribution in [0, 0.1) is 5.92 Å². The quantitative estimate of drug-likeness (QED) is 0.543. The lowest BCUT2D eigenvalue weighted by atomic mass is 9.89. The van der Waals surface area contributed by atoms with Crippen molar-refractivity contribution in [3.05, 3.63) is 11.9 Å². The fourth-order valence-corrected chi connectivity index (χ4v) is 2.64. The summed E-state index contributed by atoms with van der Waals surface area (Å²) < 4.78 is 0. The molecule has 0 unspecified atom stereocenters. The number of hydrogen-bond donors (Lipinski definition) is 3. The number of hydrazine groups is 1. The molecule has 0 aliphatic heterocycles. The third-order valence-corrected chi connectivity index (χ3v) is 3.69. The highest BCUT2D eigenvalue weighted by atomic mass is 15.3. The Hall–Kier alpha value is -1.36. The molecule has 1 saturated carbocycles. The highest BCUT2D eigenvalue weighted by Crippen LogP contribution is 2.24. The zero-order valence-electron chi connectivity index (χ0n) is 11.8. The molecule has 0 bridgehead atoms. The van der Waals surface area contributed by atoms with E-state index in [1.807, 2.05) is 6.07 Å². The molecule has 1 aromatic heterocycles. The number of hydrogen-bond acceptors (Lipinski definition) is 5. The van der Waals surface area contributed by atoms with Gasteiger partial charge in [-0.3, -0.25) is 0 Å². The molecule has 106 valence electrons. The monoisotopic (exact) mass is 263 g/mol. The van der Waals surface area contributed by atoms with Crippen molar-refractivity contribution in [2.24, 2.45) is 11.8 Å². The van der Waals surface area contributed by atoms with Crippen LogP contribution in [0.15, 0.2) is 6.07 Å². The van der Waals surface area contributed by atoms with Crippen LogP contribution in [0.5, 0.6) is 0 Å². The number of aromatic nitrogens is 2. The number of nitrogens with zero attached hydrogens (tertiary/aromatic N) is 2. The van der Waals surface area contributed by atoms with E-state index in [1.54, 1.807) is 0 Å². The van der Waals surface area contributed by atoms with Crippen LogP contribution in [0.25, 0.3) is 0 Å². The summed E-state index contributed by atoms with van der Waals surface area (Å²) in [5, 5.41) is 3.44. The molecule has 4 N–H and O–H groups in total. The summed E-state index contributed by atoms with van der Waals surface area (Å²) in [6.45, 7) is 3.13. The van der Waals surface area contributed by atoms with E-state index in [2.05, 4.69) is 27.6 Å². The van der Waals surface area contributed by atoms with Gasteiger partial charge in [-0.15, -0.1) is 0 Å². The lowest BCUT2D eigenvalue weighted by molar-refractivity contribution is 0.373. The Morgan fingerprint density at radius 2 is 1.95 bits per heavy atom. The number of nitrogens with two attached hydrogens (primary N) is 1. The van der Waals surface area contributed by atoms with Gasteiger partial charge in [0.1, 0.15) is 17.5 Å². The van der Waals surface area contributed by atoms with Crippen LogP contribution in [0.3, 0.4) is 0 Å². The van der Waals surface area contributed by atoms with Crippen molar-refractivity contribution >= 4 is 11.6 Å². The number of aryl methyl sites for hydroxylation is 1. The van der Waals surface area contributed by atoms with Crippen LogP contribution in [0.1, 0.15) is 51.3 Å². The SMILES string of the molecule is CCCc1nc(NN)cc(NCC2CCCCC2)n1. The van der Waals surface area contributed by atoms with E-state index in [4.69, 9.17) is 5.84 Å². The smallest absolute Gasteiger partial charge is 0.145 e. The van der Waals surface area contributed by atoms with E-state index in [9.17, 15) is 0 Å². The van der Waals surface area contributed by atoms with Gasteiger partial charge in [0.2, 0.25) is 0 Å². The Kier molecular flexibility index (Phi) is 5.39. The predicted molar refractivity (Wildman–Crippen MR) is 78.9 cm³/mol. The van der Waals surface area contributed by atoms with Gasteiger partial charge < -0.3 is 10.7 Å². The van der Waals surface area contributed by atoms with Crippen molar-refractivity contribution in [2.75, 3.05) is 17.3 Å². The predicted octanol–water partition coefficient (Wildman–Crippen LogP) is 2.71. The van der Waals surface area contributed by atoms with E-state index < -0.39 is 0 Å². The van der Waals surface area contributed by atoms with Crippen molar-refractivity contribution in [1.82, 2.24) is 9.97 Å². The second-order valence-corrected chi connectivity index (χ2v) is 5.33. The minimum absolute atomic E-state index is 0.685. The van der Waals surface area contributed by atoms with E-state index in [1.165, 1.54) is 32.1 Å². The van der Waals surface area contributed by atoms with E-state index in [-0.39, 0.29) is 0 Å². The van der Waals surface area contributed by atoms with Crippen molar-refractivity contribution < 1.29 is 0 Å². The van der Waals surface area contributed by atoms with Gasteiger partial charge in [-0.05, 0) is 25.2 Å². The molecular weight excluding hydrogens is 238 g/mol. The van der Waals surface area contributed by atoms with Crippen molar-refractivity contribution in [3.8, 4) is 0 Å². The average Bonchev–Trinajstić information content (AvgIpc) is 2.46. The van der Waals surface area contributed by atoms with E-state index >= 15 is 0 Å². The third-order valence-electron chi connectivity index (χ3n) is 3.69. The van der Waals surface area contributed by atoms with Crippen molar-refractivity contribution in [3.63, 3.8) is 0 Å². The van der Waals surface area contributed by atoms with E-state index in [0.717, 1.165) is 36.9 Å². The molecule has 1 aliphatic rings. The summed E-state index contributed by atoms with van der Waals surface area (Å²) in [6, 6.07) is 1.88. The molecule has 0 spiro atoms. The summed E-state index contributed by atoms with van der Waals surface area (Å²) in [6.07, 6.45) is 8.72. The van der Waals surface area contributed by atoms with Gasteiger partial charge in [0, 0.05) is 19.0 Å². The fourth-order valence-electron chi connectivity index (χ4n) is 2.64. The van der Waals surface area contributed by atoms with E-state index in [0.29, 0.717) is 5.82 Å². The van der Waals surface area contributed by atoms with Gasteiger partial charge in [0.25, 0.3) is 0 Å². The maximum Gasteiger partial charge on any atom is 0.145 e. The molecule has 0 aromatic carbocycles. The number of nitrogens with one attached hydrogen (secondary N) is 2. The fraction of sp³-hybridized carbons (Fsp3) is 0.714. The van der Waals surface area contributed by atoms with Gasteiger partial charge in [-0.2, -0.15) is 0 Å². The van der Waals surface area contributed by atoms with Crippen LogP contribution in [0.2, 0.25) is 0 Å². The van der Waals surface area contributed by atoms with Crippen molar-refractivity contribution in [2.45, 2.75) is 51.9 Å². The van der Waals surface area contributed by atoms with Crippen molar-refractivity contribution in [1.29, 1.82) is 0 Å². The van der Waals surface area contributed by atoms with Crippen LogP contribution in [0.4, 0.5) is 11.6 Å². The molecule has 19 heavy (non-hydrogen) atoms. The Morgan fingerprint density at radius 3 is 2.63 bits per heavy atom. The Bertz CT molecular complexity index is 387. The highest BCUT2D eigenvalue weighted by molar-refractivity contribution is 5.46. The third kappa shape index (κ3) is 4.35. The normalized spacial score (nSPS) is 16.3. The van der Waals surface area contributed by atoms with Gasteiger partial charge >= 0.3 is 0 Å². The molecule has 5 nitrogen and oxygen atoms in total. The molecule has 1 aliphatic carbocycles. The molecule has 0 amide bonds. The standard InChI is InChI=1S/C14H25N5/c1-2-6-12-17-13(9-14(18-12)19-15)16-10-11-7-4-3-5-8-11/h9,11H,2-8,10,15H2,1H3,(H2,16,17,18,19). The summed E-state index contributed by atoms with van der Waals surface area (Å²) in [5.41, 5.74) is 2.61. The molecule has 5 heteroatoms. The molecule has 0 radical (unpaired) electrons. The largest absolute Gasteiger partial charge is 0.370 e. The lowest BCUT2D eigenvalue weighted by Crippen LogP contribution is -2.18. The Morgan fingerprint density at radius 1 is 1.21 bits per heavy atom. The molecular formula is C14H25N5. The zero-order valence-corrected chi connectivity index (χ0v) is 11.8. The zero-order chi connectivity index (χ0) is 13.5. The van der Waals surface area contributed by atoms with Gasteiger partial charge in [-0.1, -0.05) is 26.2 Å². The summed E-state index contributed by atoms with van der Waals surface area (Å²) in [5.74, 6) is 8.66. The maximum absolute atomic E-state index is 5.45. The van der Waals surface area contributed by atoms with Crippen LogP contribution >= 0.6 is 0 Å². The van der Waals surface area contributed by atoms with Gasteiger partial charge in [-0.25, -0.2) is 15.8 Å². The van der Waals surface area contributed by atoms with Crippen LogP contribution in [-0.4, -0.2) is 16.5 Å². The molecule has 0 saturated heterocycles. The molecule has 2 rings (SSSR count). The summed E-state index contributed by atoms with van der Waals surface area (Å²) in [4.78, 5) is 8.89. The Labute approximate surface area is 115 Å². The first kappa shape index (κ1) is 14.1. The second-order valence-electron chi connectivity index (χ2n) is 5.33. The first-order valence-electron chi connectivity index (χ1n) is 7.40. The summed E-state index contributed by atoms with van der Waals surface area (Å²) >= 11 is 0. The topological polar surface area (TPSA) is 75.9 Å².